The monoisotopic (exact) mass is 352 g/mol. The van der Waals surface area contributed by atoms with Crippen LogP contribution in [0, 0.1) is 5.92 Å². The Hall–Kier alpha value is -1.96. The van der Waals surface area contributed by atoms with Gasteiger partial charge in [-0.2, -0.15) is 0 Å². The summed E-state index contributed by atoms with van der Waals surface area (Å²) < 4.78 is 0. The van der Waals surface area contributed by atoms with Crippen LogP contribution in [-0.4, -0.2) is 58.7 Å². The summed E-state index contributed by atoms with van der Waals surface area (Å²) in [6.45, 7) is 7.78. The fraction of sp³-hybridized carbons (Fsp3) is 0.625. The van der Waals surface area contributed by atoms with Crippen molar-refractivity contribution < 1.29 is 14.4 Å². The summed E-state index contributed by atoms with van der Waals surface area (Å²) in [5.74, 6) is -0.0576. The number of hydrogen-bond donors (Lipinski definition) is 1. The minimum absolute atomic E-state index is 0.00522. The first kappa shape index (κ1) is 18.4. The molecule has 0 spiro atoms. The Kier molecular flexibility index (Phi) is 6.30. The highest BCUT2D eigenvalue weighted by Crippen LogP contribution is 2.17. The van der Waals surface area contributed by atoms with Gasteiger partial charge in [0.05, 0.1) is 12.1 Å². The molecule has 1 N–H and O–H groups in total. The summed E-state index contributed by atoms with van der Waals surface area (Å²) in [4.78, 5) is 43.5. The molecule has 0 radical (unpaired) electrons. The largest absolute Gasteiger partial charge is 0.339 e. The van der Waals surface area contributed by atoms with E-state index < -0.39 is 0 Å². The van der Waals surface area contributed by atoms with Gasteiger partial charge < -0.3 is 15.1 Å². The van der Waals surface area contributed by atoms with Crippen molar-refractivity contribution in [2.45, 2.75) is 33.6 Å². The number of piperazine rings is 1. The lowest BCUT2D eigenvalue weighted by Gasteiger charge is -2.34. The van der Waals surface area contributed by atoms with E-state index in [0.717, 1.165) is 0 Å². The Morgan fingerprint density at radius 2 is 1.75 bits per heavy atom. The number of carbonyl (C=O) groups is 3. The molecule has 0 atom stereocenters. The summed E-state index contributed by atoms with van der Waals surface area (Å²) in [6, 6.07) is 0. The lowest BCUT2D eigenvalue weighted by Crippen LogP contribution is -2.50. The van der Waals surface area contributed by atoms with Gasteiger partial charge in [0.2, 0.25) is 17.7 Å². The summed E-state index contributed by atoms with van der Waals surface area (Å²) in [5, 5.41) is 5.06. The molecule has 132 valence electrons. The lowest BCUT2D eigenvalue weighted by molar-refractivity contribution is -0.139. The predicted molar refractivity (Wildman–Crippen MR) is 92.7 cm³/mol. The van der Waals surface area contributed by atoms with Gasteiger partial charge in [-0.15, -0.1) is 11.3 Å². The van der Waals surface area contributed by atoms with Crippen LogP contribution in [0.15, 0.2) is 5.38 Å². The fourth-order valence-electron chi connectivity index (χ4n) is 2.39. The van der Waals surface area contributed by atoms with Gasteiger partial charge in [-0.1, -0.05) is 20.8 Å². The van der Waals surface area contributed by atoms with Gasteiger partial charge in [0.25, 0.3) is 0 Å². The molecule has 2 heterocycles. The Balaban J connectivity index is 1.84. The van der Waals surface area contributed by atoms with E-state index in [1.807, 2.05) is 20.8 Å². The number of aromatic nitrogens is 1. The maximum absolute atomic E-state index is 12.4. The minimum atomic E-state index is -0.110. The predicted octanol–water partition coefficient (Wildman–Crippen LogP) is 1.36. The van der Waals surface area contributed by atoms with Crippen LogP contribution in [0.5, 0.6) is 0 Å². The molecule has 24 heavy (non-hydrogen) atoms. The first-order valence-electron chi connectivity index (χ1n) is 8.21. The van der Waals surface area contributed by atoms with E-state index >= 15 is 0 Å². The SMILES string of the molecule is CCC(=O)N1CCN(C(=O)Cc2csc(NC(=O)C(C)C)n2)CC1. The van der Waals surface area contributed by atoms with E-state index in [1.165, 1.54) is 11.3 Å². The quantitative estimate of drug-likeness (QED) is 0.867. The van der Waals surface area contributed by atoms with Gasteiger partial charge in [-0.25, -0.2) is 4.98 Å². The number of carbonyl (C=O) groups excluding carboxylic acids is 3. The van der Waals surface area contributed by atoms with Gasteiger partial charge in [0.1, 0.15) is 0 Å². The number of hydrogen-bond acceptors (Lipinski definition) is 5. The van der Waals surface area contributed by atoms with E-state index in [2.05, 4.69) is 10.3 Å². The minimum Gasteiger partial charge on any atom is -0.339 e. The van der Waals surface area contributed by atoms with Gasteiger partial charge in [0.15, 0.2) is 5.13 Å². The van der Waals surface area contributed by atoms with E-state index in [-0.39, 0.29) is 30.1 Å². The number of rotatable bonds is 5. The zero-order valence-corrected chi connectivity index (χ0v) is 15.2. The maximum atomic E-state index is 12.4. The Bertz CT molecular complexity index is 606. The van der Waals surface area contributed by atoms with Crippen molar-refractivity contribution in [3.8, 4) is 0 Å². The van der Waals surface area contributed by atoms with Crippen molar-refractivity contribution in [2.24, 2.45) is 5.92 Å². The van der Waals surface area contributed by atoms with Crippen LogP contribution in [0.3, 0.4) is 0 Å². The van der Waals surface area contributed by atoms with Crippen LogP contribution < -0.4 is 5.32 Å². The van der Waals surface area contributed by atoms with Gasteiger partial charge >= 0.3 is 0 Å². The molecule has 1 aromatic rings. The molecule has 7 nitrogen and oxygen atoms in total. The normalized spacial score (nSPS) is 14.8. The number of anilines is 1. The van der Waals surface area contributed by atoms with E-state index in [0.29, 0.717) is 43.4 Å². The third-order valence-electron chi connectivity index (χ3n) is 3.93. The van der Waals surface area contributed by atoms with Crippen LogP contribution in [0.25, 0.3) is 0 Å². The molecule has 1 aliphatic heterocycles. The van der Waals surface area contributed by atoms with E-state index in [9.17, 15) is 14.4 Å². The molecule has 0 aromatic carbocycles. The second kappa shape index (κ2) is 8.23. The highest BCUT2D eigenvalue weighted by atomic mass is 32.1. The van der Waals surface area contributed by atoms with Gasteiger partial charge in [0, 0.05) is 43.9 Å². The molecule has 3 amide bonds. The molecule has 1 fully saturated rings. The zero-order valence-electron chi connectivity index (χ0n) is 14.4. The van der Waals surface area contributed by atoms with Gasteiger partial charge in [-0.3, -0.25) is 14.4 Å². The van der Waals surface area contributed by atoms with E-state index in [4.69, 9.17) is 0 Å². The highest BCUT2D eigenvalue weighted by molar-refractivity contribution is 7.13. The molecule has 2 rings (SSSR count). The summed E-state index contributed by atoms with van der Waals surface area (Å²) in [7, 11) is 0. The van der Waals surface area contributed by atoms with Crippen molar-refractivity contribution in [1.29, 1.82) is 0 Å². The standard InChI is InChI=1S/C16H24N4O3S/c1-4-13(21)19-5-7-20(8-6-19)14(22)9-12-10-24-16(17-12)18-15(23)11(2)3/h10-11H,4-9H2,1-3H3,(H,17,18,23). The number of amides is 3. The summed E-state index contributed by atoms with van der Waals surface area (Å²) in [6.07, 6.45) is 0.716. The zero-order chi connectivity index (χ0) is 17.7. The molecule has 1 aliphatic rings. The smallest absolute Gasteiger partial charge is 0.228 e. The summed E-state index contributed by atoms with van der Waals surface area (Å²) in [5.41, 5.74) is 0.663. The molecular formula is C16H24N4O3S. The Morgan fingerprint density at radius 1 is 1.17 bits per heavy atom. The lowest BCUT2D eigenvalue weighted by atomic mass is 10.2. The highest BCUT2D eigenvalue weighted by Gasteiger charge is 2.23. The van der Waals surface area contributed by atoms with Gasteiger partial charge in [-0.05, 0) is 0 Å². The molecule has 1 saturated heterocycles. The average molecular weight is 352 g/mol. The molecule has 8 heteroatoms. The third kappa shape index (κ3) is 4.77. The second-order valence-corrected chi connectivity index (χ2v) is 6.94. The van der Waals surface area contributed by atoms with Crippen LogP contribution in [0.1, 0.15) is 32.9 Å². The molecular weight excluding hydrogens is 328 g/mol. The second-order valence-electron chi connectivity index (χ2n) is 6.08. The number of nitrogens with zero attached hydrogens (tertiary/aromatic N) is 3. The molecule has 0 saturated carbocycles. The maximum Gasteiger partial charge on any atom is 0.228 e. The first-order chi connectivity index (χ1) is 11.4. The van der Waals surface area contributed by atoms with Crippen LogP contribution >= 0.6 is 11.3 Å². The van der Waals surface area contributed by atoms with E-state index in [1.54, 1.807) is 15.2 Å². The average Bonchev–Trinajstić information content (AvgIpc) is 3.01. The van der Waals surface area contributed by atoms with Crippen LogP contribution in [-0.2, 0) is 20.8 Å². The van der Waals surface area contributed by atoms with Crippen molar-refractivity contribution >= 4 is 34.2 Å². The third-order valence-corrected chi connectivity index (χ3v) is 4.73. The topological polar surface area (TPSA) is 82.6 Å². The molecule has 0 bridgehead atoms. The Morgan fingerprint density at radius 3 is 2.29 bits per heavy atom. The first-order valence-corrected chi connectivity index (χ1v) is 9.09. The summed E-state index contributed by atoms with van der Waals surface area (Å²) >= 11 is 1.32. The van der Waals surface area contributed by atoms with Crippen molar-refractivity contribution in [3.05, 3.63) is 11.1 Å². The van der Waals surface area contributed by atoms with Crippen molar-refractivity contribution in [2.75, 3.05) is 31.5 Å². The van der Waals surface area contributed by atoms with Crippen LogP contribution in [0.2, 0.25) is 0 Å². The fourth-order valence-corrected chi connectivity index (χ4v) is 3.10. The van der Waals surface area contributed by atoms with Crippen molar-refractivity contribution in [1.82, 2.24) is 14.8 Å². The number of thiazole rings is 1. The van der Waals surface area contributed by atoms with Crippen LogP contribution in [0.4, 0.5) is 5.13 Å². The Labute approximate surface area is 146 Å². The number of nitrogens with one attached hydrogen (secondary N) is 1. The molecule has 0 unspecified atom stereocenters. The molecule has 1 aromatic heterocycles. The van der Waals surface area contributed by atoms with Crippen molar-refractivity contribution in [3.63, 3.8) is 0 Å². The molecule has 0 aliphatic carbocycles.